The smallest absolute Gasteiger partial charge is 0.223 e. The van der Waals surface area contributed by atoms with E-state index in [1.807, 2.05) is 6.92 Å². The molecule has 0 aromatic carbocycles. The second kappa shape index (κ2) is 5.82. The van der Waals surface area contributed by atoms with E-state index in [0.717, 1.165) is 25.5 Å². The maximum Gasteiger partial charge on any atom is 0.223 e. The Morgan fingerprint density at radius 1 is 1.40 bits per heavy atom. The summed E-state index contributed by atoms with van der Waals surface area (Å²) in [6, 6.07) is 1.01. The number of nitrogens with zero attached hydrogens (tertiary/aromatic N) is 3. The van der Waals surface area contributed by atoms with Crippen molar-refractivity contribution in [1.29, 1.82) is 0 Å². The van der Waals surface area contributed by atoms with Crippen LogP contribution < -0.4 is 5.32 Å². The first-order chi connectivity index (χ1) is 9.27. The number of rotatable bonds is 3. The lowest BCUT2D eigenvalue weighted by molar-refractivity contribution is 0.0547. The SMILES string of the molecule is Cc1nc(CN2CC(C(C)(C)C)NCC2C(C)C)no1. The van der Waals surface area contributed by atoms with Crippen molar-refractivity contribution in [3.63, 3.8) is 0 Å². The molecule has 0 bridgehead atoms. The van der Waals surface area contributed by atoms with Crippen molar-refractivity contribution in [2.45, 2.75) is 60.2 Å². The Labute approximate surface area is 122 Å². The van der Waals surface area contributed by atoms with Gasteiger partial charge in [-0.25, -0.2) is 0 Å². The minimum absolute atomic E-state index is 0.257. The molecule has 0 radical (unpaired) electrons. The van der Waals surface area contributed by atoms with E-state index in [1.165, 1.54) is 0 Å². The summed E-state index contributed by atoms with van der Waals surface area (Å²) in [5, 5.41) is 7.75. The van der Waals surface area contributed by atoms with E-state index in [1.54, 1.807) is 0 Å². The normalized spacial score (nSPS) is 25.4. The fourth-order valence-corrected chi connectivity index (χ4v) is 2.83. The molecule has 2 heterocycles. The largest absolute Gasteiger partial charge is 0.340 e. The summed E-state index contributed by atoms with van der Waals surface area (Å²) in [6.07, 6.45) is 0. The van der Waals surface area contributed by atoms with Crippen LogP contribution in [0.25, 0.3) is 0 Å². The van der Waals surface area contributed by atoms with Crippen LogP contribution in [0.4, 0.5) is 0 Å². The Bertz CT molecular complexity index is 435. The van der Waals surface area contributed by atoms with Crippen molar-refractivity contribution in [3.8, 4) is 0 Å². The third-order valence-corrected chi connectivity index (χ3v) is 4.19. The first-order valence-electron chi connectivity index (χ1n) is 7.54. The van der Waals surface area contributed by atoms with E-state index >= 15 is 0 Å². The van der Waals surface area contributed by atoms with Gasteiger partial charge in [0.25, 0.3) is 0 Å². The second-order valence-corrected chi connectivity index (χ2v) is 7.30. The molecule has 0 spiro atoms. The molecule has 1 aromatic rings. The Balaban J connectivity index is 2.10. The summed E-state index contributed by atoms with van der Waals surface area (Å²) < 4.78 is 5.09. The quantitative estimate of drug-likeness (QED) is 0.920. The van der Waals surface area contributed by atoms with Crippen LogP contribution in [0.2, 0.25) is 0 Å². The van der Waals surface area contributed by atoms with Crippen molar-refractivity contribution in [2.24, 2.45) is 11.3 Å². The summed E-state index contributed by atoms with van der Waals surface area (Å²) in [4.78, 5) is 6.85. The maximum absolute atomic E-state index is 5.09. The van der Waals surface area contributed by atoms with Gasteiger partial charge in [0.05, 0.1) is 6.54 Å². The highest BCUT2D eigenvalue weighted by atomic mass is 16.5. The minimum Gasteiger partial charge on any atom is -0.340 e. The molecule has 20 heavy (non-hydrogen) atoms. The lowest BCUT2D eigenvalue weighted by Gasteiger charge is -2.46. The van der Waals surface area contributed by atoms with Crippen LogP contribution in [0.3, 0.4) is 0 Å². The van der Waals surface area contributed by atoms with Gasteiger partial charge >= 0.3 is 0 Å². The zero-order valence-corrected chi connectivity index (χ0v) is 13.6. The topological polar surface area (TPSA) is 54.2 Å². The van der Waals surface area contributed by atoms with Crippen LogP contribution in [0.1, 0.15) is 46.3 Å². The lowest BCUT2D eigenvalue weighted by atomic mass is 9.83. The molecule has 1 aliphatic heterocycles. The summed E-state index contributed by atoms with van der Waals surface area (Å²) in [5.74, 6) is 2.04. The molecule has 1 N–H and O–H groups in total. The minimum atomic E-state index is 0.257. The second-order valence-electron chi connectivity index (χ2n) is 7.30. The van der Waals surface area contributed by atoms with Crippen molar-refractivity contribution in [1.82, 2.24) is 20.4 Å². The van der Waals surface area contributed by atoms with Crippen LogP contribution in [-0.2, 0) is 6.54 Å². The molecular weight excluding hydrogens is 252 g/mol. The summed E-state index contributed by atoms with van der Waals surface area (Å²) in [5.41, 5.74) is 0.257. The number of hydrogen-bond acceptors (Lipinski definition) is 5. The first-order valence-corrected chi connectivity index (χ1v) is 7.54. The molecule has 0 amide bonds. The van der Waals surface area contributed by atoms with Gasteiger partial charge in [0.1, 0.15) is 0 Å². The molecule has 1 aliphatic rings. The lowest BCUT2D eigenvalue weighted by Crippen LogP contribution is -2.61. The monoisotopic (exact) mass is 280 g/mol. The Morgan fingerprint density at radius 3 is 2.60 bits per heavy atom. The van der Waals surface area contributed by atoms with E-state index < -0.39 is 0 Å². The number of hydrogen-bond donors (Lipinski definition) is 1. The van der Waals surface area contributed by atoms with Gasteiger partial charge < -0.3 is 9.84 Å². The Morgan fingerprint density at radius 2 is 2.10 bits per heavy atom. The van der Waals surface area contributed by atoms with Gasteiger partial charge in [0.2, 0.25) is 5.89 Å². The average Bonchev–Trinajstić information content (AvgIpc) is 2.73. The average molecular weight is 280 g/mol. The number of nitrogens with one attached hydrogen (secondary N) is 1. The highest BCUT2D eigenvalue weighted by Crippen LogP contribution is 2.26. The highest BCUT2D eigenvalue weighted by Gasteiger charge is 2.35. The molecule has 5 heteroatoms. The maximum atomic E-state index is 5.09. The van der Waals surface area contributed by atoms with E-state index in [9.17, 15) is 0 Å². The van der Waals surface area contributed by atoms with Crippen LogP contribution >= 0.6 is 0 Å². The molecule has 1 fully saturated rings. The van der Waals surface area contributed by atoms with Gasteiger partial charge in [0, 0.05) is 32.1 Å². The molecule has 0 saturated carbocycles. The molecule has 2 unspecified atom stereocenters. The van der Waals surface area contributed by atoms with E-state index in [-0.39, 0.29) is 5.41 Å². The molecule has 114 valence electrons. The van der Waals surface area contributed by atoms with Gasteiger partial charge in [-0.05, 0) is 11.3 Å². The Kier molecular flexibility index (Phi) is 4.49. The van der Waals surface area contributed by atoms with Crippen LogP contribution in [0.15, 0.2) is 4.52 Å². The first kappa shape index (κ1) is 15.4. The number of aromatic nitrogens is 2. The van der Waals surface area contributed by atoms with Crippen LogP contribution in [0.5, 0.6) is 0 Å². The van der Waals surface area contributed by atoms with Gasteiger partial charge in [-0.3, -0.25) is 4.90 Å². The third kappa shape index (κ3) is 3.58. The van der Waals surface area contributed by atoms with E-state index in [2.05, 4.69) is 55.0 Å². The Hall–Kier alpha value is -0.940. The summed E-state index contributed by atoms with van der Waals surface area (Å²) >= 11 is 0. The van der Waals surface area contributed by atoms with Crippen LogP contribution in [0, 0.1) is 18.3 Å². The highest BCUT2D eigenvalue weighted by molar-refractivity contribution is 4.95. The van der Waals surface area contributed by atoms with Gasteiger partial charge in [-0.2, -0.15) is 4.98 Å². The third-order valence-electron chi connectivity index (χ3n) is 4.19. The predicted octanol–water partition coefficient (Wildman–Crippen LogP) is 2.22. The fourth-order valence-electron chi connectivity index (χ4n) is 2.83. The predicted molar refractivity (Wildman–Crippen MR) is 79.3 cm³/mol. The summed E-state index contributed by atoms with van der Waals surface area (Å²) in [6.45, 7) is 16.1. The number of aryl methyl sites for hydroxylation is 1. The molecule has 5 nitrogen and oxygen atoms in total. The molecule has 2 rings (SSSR count). The zero-order valence-electron chi connectivity index (χ0n) is 13.6. The van der Waals surface area contributed by atoms with E-state index in [0.29, 0.717) is 23.9 Å². The summed E-state index contributed by atoms with van der Waals surface area (Å²) in [7, 11) is 0. The molecule has 1 saturated heterocycles. The van der Waals surface area contributed by atoms with Crippen LogP contribution in [-0.4, -0.2) is 40.2 Å². The van der Waals surface area contributed by atoms with Gasteiger partial charge in [-0.15, -0.1) is 0 Å². The molecule has 0 aliphatic carbocycles. The van der Waals surface area contributed by atoms with Crippen molar-refractivity contribution in [2.75, 3.05) is 13.1 Å². The molecular formula is C15H28N4O. The van der Waals surface area contributed by atoms with E-state index in [4.69, 9.17) is 4.52 Å². The molecule has 1 aromatic heterocycles. The zero-order chi connectivity index (χ0) is 14.9. The number of piperazine rings is 1. The fraction of sp³-hybridized carbons (Fsp3) is 0.867. The van der Waals surface area contributed by atoms with Crippen molar-refractivity contribution in [3.05, 3.63) is 11.7 Å². The molecule has 2 atom stereocenters. The van der Waals surface area contributed by atoms with Crippen molar-refractivity contribution >= 4 is 0 Å². The van der Waals surface area contributed by atoms with Gasteiger partial charge in [-0.1, -0.05) is 39.8 Å². The van der Waals surface area contributed by atoms with Crippen molar-refractivity contribution < 1.29 is 4.52 Å². The standard InChI is InChI=1S/C15H28N4O/c1-10(2)12-7-16-13(15(4,5)6)8-19(12)9-14-17-11(3)20-18-14/h10,12-13,16H,7-9H2,1-6H3. The van der Waals surface area contributed by atoms with Gasteiger partial charge in [0.15, 0.2) is 5.82 Å².